The topological polar surface area (TPSA) is 91.8 Å². The Balaban J connectivity index is 1.22. The molecule has 0 unspecified atom stereocenters. The molecular formula is C27H32N4O2. The highest BCUT2D eigenvalue weighted by Crippen LogP contribution is 2.37. The Kier molecular flexibility index (Phi) is 6.51. The highest BCUT2D eigenvalue weighted by atomic mass is 16.4. The molecule has 0 spiro atoms. The van der Waals surface area contributed by atoms with E-state index in [1.807, 2.05) is 18.3 Å². The fraction of sp³-hybridized carbons (Fsp3) is 0.481. The lowest BCUT2D eigenvalue weighted by Crippen LogP contribution is -2.16. The quantitative estimate of drug-likeness (QED) is 0.463. The lowest BCUT2D eigenvalue weighted by atomic mass is 9.77. The summed E-state index contributed by atoms with van der Waals surface area (Å²) in [5.74, 6) is 2.45. The fourth-order valence-electron chi connectivity index (χ4n) is 5.53. The van der Waals surface area contributed by atoms with Gasteiger partial charge in [0, 0.05) is 29.7 Å². The Morgan fingerprint density at radius 3 is 2.27 bits per heavy atom. The van der Waals surface area contributed by atoms with Gasteiger partial charge >= 0.3 is 5.97 Å². The molecule has 2 saturated carbocycles. The van der Waals surface area contributed by atoms with Crippen LogP contribution < -0.4 is 0 Å². The molecule has 0 atom stereocenters. The molecule has 1 aromatic carbocycles. The van der Waals surface area contributed by atoms with Crippen LogP contribution in [0.25, 0.3) is 22.6 Å². The zero-order valence-corrected chi connectivity index (χ0v) is 19.0. The molecule has 172 valence electrons. The third-order valence-electron chi connectivity index (χ3n) is 7.50. The van der Waals surface area contributed by atoms with E-state index in [9.17, 15) is 4.79 Å². The number of nitrogens with one attached hydrogen (secondary N) is 1. The van der Waals surface area contributed by atoms with Gasteiger partial charge in [0.25, 0.3) is 0 Å². The third kappa shape index (κ3) is 5.15. The standard InChI is InChI=1S/C27H32N4O2/c32-25(33)16-18-6-8-19(9-7-18)20-10-12-21(13-11-20)24-15-14-23(17-28-24)27-29-26(30-31-27)22-4-2-1-3-5-22/h10-15,17-19,22H,1-9,16H2,(H,32,33)(H,29,30,31). The lowest BCUT2D eigenvalue weighted by Gasteiger charge is -2.28. The fourth-order valence-corrected chi connectivity index (χ4v) is 5.53. The van der Waals surface area contributed by atoms with Crippen molar-refractivity contribution in [1.29, 1.82) is 0 Å². The largest absolute Gasteiger partial charge is 0.481 e. The molecule has 5 rings (SSSR count). The van der Waals surface area contributed by atoms with E-state index >= 15 is 0 Å². The summed E-state index contributed by atoms with van der Waals surface area (Å²) in [4.78, 5) is 20.4. The van der Waals surface area contributed by atoms with E-state index in [1.165, 1.54) is 37.7 Å². The van der Waals surface area contributed by atoms with E-state index in [1.54, 1.807) is 0 Å². The smallest absolute Gasteiger partial charge is 0.303 e. The maximum atomic E-state index is 10.9. The van der Waals surface area contributed by atoms with E-state index in [2.05, 4.69) is 39.4 Å². The molecule has 0 radical (unpaired) electrons. The van der Waals surface area contributed by atoms with Gasteiger partial charge in [0.2, 0.25) is 0 Å². The molecule has 0 bridgehead atoms. The van der Waals surface area contributed by atoms with Crippen LogP contribution in [-0.2, 0) is 4.79 Å². The Morgan fingerprint density at radius 1 is 0.879 bits per heavy atom. The number of hydrogen-bond donors (Lipinski definition) is 2. The van der Waals surface area contributed by atoms with E-state index in [0.717, 1.165) is 54.2 Å². The van der Waals surface area contributed by atoms with Gasteiger partial charge in [0.1, 0.15) is 5.82 Å². The van der Waals surface area contributed by atoms with Crippen LogP contribution in [-0.4, -0.2) is 31.2 Å². The summed E-state index contributed by atoms with van der Waals surface area (Å²) in [7, 11) is 0. The number of aromatic amines is 1. The molecule has 0 amide bonds. The highest BCUT2D eigenvalue weighted by molar-refractivity contribution is 5.67. The van der Waals surface area contributed by atoms with E-state index in [-0.39, 0.29) is 0 Å². The van der Waals surface area contributed by atoms with Crippen molar-refractivity contribution in [3.05, 3.63) is 54.0 Å². The molecule has 2 aliphatic rings. The average molecular weight is 445 g/mol. The summed E-state index contributed by atoms with van der Waals surface area (Å²) < 4.78 is 0. The minimum absolute atomic E-state index is 0.309. The van der Waals surface area contributed by atoms with Crippen LogP contribution in [0.5, 0.6) is 0 Å². The van der Waals surface area contributed by atoms with Crippen molar-refractivity contribution >= 4 is 5.97 Å². The number of carbonyl (C=O) groups is 1. The summed E-state index contributed by atoms with van der Waals surface area (Å²) in [6.45, 7) is 0. The number of nitrogens with zero attached hydrogens (tertiary/aromatic N) is 3. The first-order valence-electron chi connectivity index (χ1n) is 12.4. The van der Waals surface area contributed by atoms with Crippen molar-refractivity contribution in [2.24, 2.45) is 5.92 Å². The molecule has 2 aliphatic carbocycles. The van der Waals surface area contributed by atoms with Gasteiger partial charge in [-0.2, -0.15) is 5.10 Å². The molecule has 33 heavy (non-hydrogen) atoms. The number of rotatable bonds is 6. The van der Waals surface area contributed by atoms with E-state index < -0.39 is 5.97 Å². The first-order chi connectivity index (χ1) is 16.2. The second-order valence-corrected chi connectivity index (χ2v) is 9.75. The van der Waals surface area contributed by atoms with Gasteiger partial charge in [-0.05, 0) is 68.1 Å². The first kappa shape index (κ1) is 21.8. The SMILES string of the molecule is O=C(O)CC1CCC(c2ccc(-c3ccc(-c4n[nH]c(C5CCCCC5)n4)cn3)cc2)CC1. The minimum Gasteiger partial charge on any atom is -0.481 e. The highest BCUT2D eigenvalue weighted by Gasteiger charge is 2.24. The number of aliphatic carboxylic acids is 1. The Bertz CT molecular complexity index is 1060. The Morgan fingerprint density at radius 2 is 1.61 bits per heavy atom. The van der Waals surface area contributed by atoms with Crippen LogP contribution >= 0.6 is 0 Å². The van der Waals surface area contributed by atoms with Gasteiger partial charge < -0.3 is 5.11 Å². The molecule has 2 heterocycles. The number of carboxylic acids is 1. The van der Waals surface area contributed by atoms with Crippen LogP contribution in [0.4, 0.5) is 0 Å². The zero-order valence-electron chi connectivity index (χ0n) is 19.0. The Hall–Kier alpha value is -3.02. The normalized spacial score (nSPS) is 21.7. The van der Waals surface area contributed by atoms with E-state index in [0.29, 0.717) is 24.2 Å². The maximum absolute atomic E-state index is 10.9. The second-order valence-electron chi connectivity index (χ2n) is 9.75. The van der Waals surface area contributed by atoms with Crippen molar-refractivity contribution in [2.45, 2.75) is 76.0 Å². The van der Waals surface area contributed by atoms with Gasteiger partial charge in [-0.3, -0.25) is 14.9 Å². The summed E-state index contributed by atoms with van der Waals surface area (Å²) in [5.41, 5.74) is 4.33. The minimum atomic E-state index is -0.672. The molecule has 6 nitrogen and oxygen atoms in total. The van der Waals surface area contributed by atoms with Gasteiger partial charge in [0.05, 0.1) is 5.69 Å². The number of carboxylic acid groups (broad SMARTS) is 1. The van der Waals surface area contributed by atoms with Gasteiger partial charge in [0.15, 0.2) is 5.82 Å². The predicted octanol–water partition coefficient (Wildman–Crippen LogP) is 6.33. The molecular weight excluding hydrogens is 412 g/mol. The van der Waals surface area contributed by atoms with Crippen molar-refractivity contribution in [3.8, 4) is 22.6 Å². The average Bonchev–Trinajstić information content (AvgIpc) is 3.36. The first-order valence-corrected chi connectivity index (χ1v) is 12.4. The molecule has 3 aromatic rings. The number of H-pyrrole nitrogens is 1. The molecule has 2 aromatic heterocycles. The van der Waals surface area contributed by atoms with Crippen molar-refractivity contribution in [1.82, 2.24) is 20.2 Å². The lowest BCUT2D eigenvalue weighted by molar-refractivity contribution is -0.138. The molecule has 0 aliphatic heterocycles. The number of aromatic nitrogens is 4. The third-order valence-corrected chi connectivity index (χ3v) is 7.50. The van der Waals surface area contributed by atoms with Crippen LogP contribution in [0.3, 0.4) is 0 Å². The number of pyridine rings is 1. The Labute approximate surface area is 194 Å². The molecule has 2 N–H and O–H groups in total. The van der Waals surface area contributed by atoms with Gasteiger partial charge in [-0.1, -0.05) is 43.5 Å². The van der Waals surface area contributed by atoms with Gasteiger partial charge in [-0.25, -0.2) is 4.98 Å². The molecule has 0 saturated heterocycles. The molecule has 6 heteroatoms. The van der Waals surface area contributed by atoms with Crippen LogP contribution in [0, 0.1) is 5.92 Å². The van der Waals surface area contributed by atoms with E-state index in [4.69, 9.17) is 10.1 Å². The number of benzene rings is 1. The van der Waals surface area contributed by atoms with Crippen molar-refractivity contribution < 1.29 is 9.90 Å². The van der Waals surface area contributed by atoms with Crippen molar-refractivity contribution in [3.63, 3.8) is 0 Å². The summed E-state index contributed by atoms with van der Waals surface area (Å²) in [6.07, 6.45) is 12.6. The van der Waals surface area contributed by atoms with Crippen molar-refractivity contribution in [2.75, 3.05) is 0 Å². The summed E-state index contributed by atoms with van der Waals surface area (Å²) >= 11 is 0. The number of hydrogen-bond acceptors (Lipinski definition) is 4. The monoisotopic (exact) mass is 444 g/mol. The second kappa shape index (κ2) is 9.86. The summed E-state index contributed by atoms with van der Waals surface area (Å²) in [5, 5.41) is 16.6. The van der Waals surface area contributed by atoms with Gasteiger partial charge in [-0.15, -0.1) is 0 Å². The zero-order chi connectivity index (χ0) is 22.6. The van der Waals surface area contributed by atoms with Crippen LogP contribution in [0.2, 0.25) is 0 Å². The van der Waals surface area contributed by atoms with Crippen LogP contribution in [0.1, 0.15) is 87.4 Å². The predicted molar refractivity (Wildman–Crippen MR) is 128 cm³/mol. The maximum Gasteiger partial charge on any atom is 0.303 e. The summed E-state index contributed by atoms with van der Waals surface area (Å²) in [6, 6.07) is 12.8. The molecule has 2 fully saturated rings. The van der Waals surface area contributed by atoms with Crippen LogP contribution in [0.15, 0.2) is 42.6 Å².